The van der Waals surface area contributed by atoms with Gasteiger partial charge in [0.1, 0.15) is 5.69 Å². The van der Waals surface area contributed by atoms with E-state index in [9.17, 15) is 4.79 Å². The van der Waals surface area contributed by atoms with Gasteiger partial charge in [0.05, 0.1) is 0 Å². The lowest BCUT2D eigenvalue weighted by molar-refractivity contribution is 0.205. The number of amidine groups is 1. The summed E-state index contributed by atoms with van der Waals surface area (Å²) in [5.74, 6) is 7.80. The molecule has 1 aromatic rings. The molecule has 1 aliphatic heterocycles. The molecule has 3 rings (SSSR count). The predicted octanol–water partition coefficient (Wildman–Crippen LogP) is 3.01. The summed E-state index contributed by atoms with van der Waals surface area (Å²) in [6.07, 6.45) is 8.24. The van der Waals surface area contributed by atoms with E-state index in [0.29, 0.717) is 23.2 Å². The number of amides is 1. The van der Waals surface area contributed by atoms with Gasteiger partial charge in [0.25, 0.3) is 0 Å². The minimum Gasteiger partial charge on any atom is -0.463 e. The normalized spacial score (nSPS) is 20.2. The molecule has 0 bridgehead atoms. The molecule has 168 valence electrons. The molecule has 0 aromatic carbocycles. The van der Waals surface area contributed by atoms with Crippen molar-refractivity contribution in [1.82, 2.24) is 9.97 Å². The molecular weight excluding hydrogens is 384 g/mol. The van der Waals surface area contributed by atoms with Gasteiger partial charge in [-0.2, -0.15) is 4.99 Å². The first-order chi connectivity index (χ1) is 14.3. The molecule has 2 aliphatic rings. The van der Waals surface area contributed by atoms with Crippen molar-refractivity contribution in [3.05, 3.63) is 5.82 Å². The number of rotatable bonds is 4. The highest BCUT2D eigenvalue weighted by molar-refractivity contribution is 6.01. The van der Waals surface area contributed by atoms with Crippen LogP contribution in [0.4, 0.5) is 22.1 Å². The number of nitrogen functional groups attached to an aromatic ring is 1. The molecule has 1 amide bonds. The Bertz CT molecular complexity index is 734. The van der Waals surface area contributed by atoms with Crippen molar-refractivity contribution in [3.8, 4) is 0 Å². The number of hydrazine groups is 1. The molecule has 2 fully saturated rings. The topological polar surface area (TPSA) is 155 Å². The SMILES string of the molecule is CC1CCCCC1.CNc1c(NN)nc(/C(N)=N/C(=O)O)nc1N1CCCC(C)C1. The van der Waals surface area contributed by atoms with E-state index in [-0.39, 0.29) is 11.7 Å². The van der Waals surface area contributed by atoms with Crippen LogP contribution >= 0.6 is 0 Å². The van der Waals surface area contributed by atoms with Crippen molar-refractivity contribution in [1.29, 1.82) is 0 Å². The maximum absolute atomic E-state index is 10.7. The molecule has 1 saturated heterocycles. The number of anilines is 3. The molecule has 2 heterocycles. The Labute approximate surface area is 178 Å². The average molecular weight is 421 g/mol. The van der Waals surface area contributed by atoms with Gasteiger partial charge in [-0.25, -0.2) is 20.6 Å². The van der Waals surface area contributed by atoms with Gasteiger partial charge in [0, 0.05) is 20.1 Å². The van der Waals surface area contributed by atoms with E-state index < -0.39 is 6.09 Å². The van der Waals surface area contributed by atoms with Crippen LogP contribution in [0.5, 0.6) is 0 Å². The van der Waals surface area contributed by atoms with Crippen LogP contribution in [0.3, 0.4) is 0 Å². The molecule has 1 aromatic heterocycles. The van der Waals surface area contributed by atoms with Crippen LogP contribution in [0.2, 0.25) is 0 Å². The van der Waals surface area contributed by atoms with Gasteiger partial charge in [-0.15, -0.1) is 0 Å². The lowest BCUT2D eigenvalue weighted by Gasteiger charge is -2.33. The monoisotopic (exact) mass is 420 g/mol. The number of nitrogens with two attached hydrogens (primary N) is 2. The summed E-state index contributed by atoms with van der Waals surface area (Å²) >= 11 is 0. The summed E-state index contributed by atoms with van der Waals surface area (Å²) in [4.78, 5) is 24.6. The zero-order valence-corrected chi connectivity index (χ0v) is 18.3. The number of aliphatic imine (C=N–C) groups is 1. The largest absolute Gasteiger partial charge is 0.463 e. The Morgan fingerprint density at radius 1 is 1.13 bits per heavy atom. The fourth-order valence-corrected chi connectivity index (χ4v) is 3.97. The van der Waals surface area contributed by atoms with Crippen molar-refractivity contribution in [2.45, 2.75) is 58.8 Å². The van der Waals surface area contributed by atoms with Gasteiger partial charge >= 0.3 is 6.09 Å². The van der Waals surface area contributed by atoms with Gasteiger partial charge < -0.3 is 26.5 Å². The minimum absolute atomic E-state index is 0.0209. The Morgan fingerprint density at radius 2 is 1.80 bits per heavy atom. The molecule has 10 nitrogen and oxygen atoms in total. The zero-order chi connectivity index (χ0) is 22.1. The van der Waals surface area contributed by atoms with Gasteiger partial charge in [0.2, 0.25) is 0 Å². The molecule has 10 heteroatoms. The van der Waals surface area contributed by atoms with Crippen molar-refractivity contribution in [3.63, 3.8) is 0 Å². The maximum atomic E-state index is 10.7. The molecule has 1 atom stereocenters. The second kappa shape index (κ2) is 11.5. The van der Waals surface area contributed by atoms with Crippen LogP contribution in [-0.4, -0.2) is 47.1 Å². The van der Waals surface area contributed by atoms with E-state index in [2.05, 4.69) is 44.5 Å². The Kier molecular flexibility index (Phi) is 9.10. The zero-order valence-electron chi connectivity index (χ0n) is 18.3. The summed E-state index contributed by atoms with van der Waals surface area (Å²) in [5.41, 5.74) is 8.79. The molecular formula is C20H36N8O2. The van der Waals surface area contributed by atoms with Crippen LogP contribution in [-0.2, 0) is 0 Å². The van der Waals surface area contributed by atoms with Crippen LogP contribution in [0.25, 0.3) is 0 Å². The lowest BCUT2D eigenvalue weighted by Crippen LogP contribution is -2.36. The summed E-state index contributed by atoms with van der Waals surface area (Å²) in [5, 5.41) is 11.8. The summed E-state index contributed by atoms with van der Waals surface area (Å²) in [6, 6.07) is 0. The first-order valence-electron chi connectivity index (χ1n) is 10.7. The second-order valence-electron chi connectivity index (χ2n) is 8.20. The second-order valence-corrected chi connectivity index (χ2v) is 8.20. The van der Waals surface area contributed by atoms with Crippen LogP contribution < -0.4 is 27.2 Å². The fourth-order valence-electron chi connectivity index (χ4n) is 3.97. The first-order valence-corrected chi connectivity index (χ1v) is 10.7. The van der Waals surface area contributed by atoms with E-state index in [1.807, 2.05) is 0 Å². The van der Waals surface area contributed by atoms with Gasteiger partial charge in [-0.1, -0.05) is 46.0 Å². The number of nitrogens with zero attached hydrogens (tertiary/aromatic N) is 4. The molecule has 1 aliphatic carbocycles. The van der Waals surface area contributed by atoms with Gasteiger partial charge in [-0.05, 0) is 24.7 Å². The van der Waals surface area contributed by atoms with Crippen molar-refractivity contribution in [2.75, 3.05) is 35.8 Å². The Hall–Kier alpha value is -2.62. The Balaban J connectivity index is 0.000000386. The highest BCUT2D eigenvalue weighted by Gasteiger charge is 2.24. The molecule has 0 radical (unpaired) electrons. The van der Waals surface area contributed by atoms with E-state index >= 15 is 0 Å². The molecule has 1 saturated carbocycles. The molecule has 7 N–H and O–H groups in total. The third-order valence-corrected chi connectivity index (χ3v) is 5.57. The van der Waals surface area contributed by atoms with Gasteiger partial charge in [-0.3, -0.25) is 0 Å². The highest BCUT2D eigenvalue weighted by Crippen LogP contribution is 2.32. The lowest BCUT2D eigenvalue weighted by atomic mass is 9.91. The fraction of sp³-hybridized carbons (Fsp3) is 0.700. The number of aromatic nitrogens is 2. The first kappa shape index (κ1) is 23.7. The van der Waals surface area contributed by atoms with Crippen molar-refractivity contribution in [2.24, 2.45) is 28.4 Å². The van der Waals surface area contributed by atoms with Crippen molar-refractivity contribution >= 4 is 29.3 Å². The predicted molar refractivity (Wildman–Crippen MR) is 121 cm³/mol. The molecule has 0 spiro atoms. The third kappa shape index (κ3) is 6.72. The van der Waals surface area contributed by atoms with E-state index in [1.54, 1.807) is 7.05 Å². The van der Waals surface area contributed by atoms with E-state index in [1.165, 1.54) is 32.1 Å². The number of hydrogen-bond acceptors (Lipinski definition) is 7. The maximum Gasteiger partial charge on any atom is 0.433 e. The molecule has 30 heavy (non-hydrogen) atoms. The molecule has 1 unspecified atom stereocenters. The number of hydrogen-bond donors (Lipinski definition) is 5. The van der Waals surface area contributed by atoms with Crippen LogP contribution in [0.1, 0.15) is 64.6 Å². The Morgan fingerprint density at radius 3 is 2.30 bits per heavy atom. The minimum atomic E-state index is -1.40. The van der Waals surface area contributed by atoms with E-state index in [4.69, 9.17) is 16.7 Å². The third-order valence-electron chi connectivity index (χ3n) is 5.57. The number of carboxylic acid groups (broad SMARTS) is 1. The quantitative estimate of drug-likeness (QED) is 0.214. The van der Waals surface area contributed by atoms with Crippen molar-refractivity contribution < 1.29 is 9.90 Å². The van der Waals surface area contributed by atoms with Gasteiger partial charge in [0.15, 0.2) is 23.3 Å². The number of carbonyl (C=O) groups is 1. The van der Waals surface area contributed by atoms with Crippen LogP contribution in [0, 0.1) is 11.8 Å². The van der Waals surface area contributed by atoms with Crippen LogP contribution in [0.15, 0.2) is 4.99 Å². The summed E-state index contributed by atoms with van der Waals surface area (Å²) < 4.78 is 0. The summed E-state index contributed by atoms with van der Waals surface area (Å²) in [7, 11) is 1.74. The number of nitrogens with one attached hydrogen (secondary N) is 2. The van der Waals surface area contributed by atoms with E-state index in [0.717, 1.165) is 31.8 Å². The number of piperidine rings is 1. The average Bonchev–Trinajstić information content (AvgIpc) is 2.73. The summed E-state index contributed by atoms with van der Waals surface area (Å²) in [6.45, 7) is 6.22. The smallest absolute Gasteiger partial charge is 0.433 e. The highest BCUT2D eigenvalue weighted by atomic mass is 16.4. The standard InChI is InChI=1S/C13H22N8O2.C7H14/c1-7-4-3-5-21(6-7)12-8(16-2)10(20-15)18-11(19-12)9(14)17-13(22)23;1-7-5-3-2-4-6-7/h7,16H,3-6,15H2,1-2H3,(H2,14,17)(H,22,23)(H,18,19,20);7H,2-6H2,1H3.